The zero-order valence-electron chi connectivity index (χ0n) is 14.1. The number of amides is 2. The summed E-state index contributed by atoms with van der Waals surface area (Å²) >= 11 is 0. The van der Waals surface area contributed by atoms with E-state index in [4.69, 9.17) is 4.74 Å². The van der Waals surface area contributed by atoms with Crippen molar-refractivity contribution in [3.8, 4) is 0 Å². The van der Waals surface area contributed by atoms with Crippen LogP contribution in [0.3, 0.4) is 0 Å². The molecule has 5 heteroatoms. The second kappa shape index (κ2) is 6.98. The van der Waals surface area contributed by atoms with Crippen LogP contribution in [-0.2, 0) is 4.74 Å². The summed E-state index contributed by atoms with van der Waals surface area (Å²) in [5.74, 6) is 1.46. The van der Waals surface area contributed by atoms with Crippen LogP contribution in [0.1, 0.15) is 51.4 Å². The third-order valence-electron chi connectivity index (χ3n) is 6.41. The Morgan fingerprint density at radius 3 is 2.78 bits per heavy atom. The highest BCUT2D eigenvalue weighted by Gasteiger charge is 2.44. The standard InChI is InChI=1S/C18H31N3O2/c22-18(20-16-10-17-15(16)6-3-9-23-17)19-14-7-8-21(12-14)11-13-4-1-2-5-13/h13-17H,1-12H2,(H2,19,20,22). The third kappa shape index (κ3) is 3.66. The maximum Gasteiger partial charge on any atom is 0.315 e. The van der Waals surface area contributed by atoms with E-state index in [9.17, 15) is 4.79 Å². The van der Waals surface area contributed by atoms with Crippen LogP contribution >= 0.6 is 0 Å². The number of rotatable bonds is 4. The van der Waals surface area contributed by atoms with Gasteiger partial charge in [0.25, 0.3) is 0 Å². The zero-order chi connectivity index (χ0) is 15.6. The quantitative estimate of drug-likeness (QED) is 0.834. The van der Waals surface area contributed by atoms with Gasteiger partial charge in [0.15, 0.2) is 0 Å². The van der Waals surface area contributed by atoms with Crippen molar-refractivity contribution in [3.63, 3.8) is 0 Å². The number of urea groups is 1. The van der Waals surface area contributed by atoms with Crippen LogP contribution in [-0.4, -0.2) is 55.4 Å². The number of ether oxygens (including phenoxy) is 1. The molecule has 2 N–H and O–H groups in total. The van der Waals surface area contributed by atoms with Crippen molar-refractivity contribution >= 4 is 6.03 Å². The highest BCUT2D eigenvalue weighted by atomic mass is 16.5. The van der Waals surface area contributed by atoms with Gasteiger partial charge in [-0.1, -0.05) is 12.8 Å². The average Bonchev–Trinajstić information content (AvgIpc) is 3.18. The van der Waals surface area contributed by atoms with Crippen molar-refractivity contribution in [2.24, 2.45) is 11.8 Å². The Hall–Kier alpha value is -0.810. The van der Waals surface area contributed by atoms with Crippen LogP contribution in [0.2, 0.25) is 0 Å². The molecule has 4 atom stereocenters. The van der Waals surface area contributed by atoms with Crippen molar-refractivity contribution < 1.29 is 9.53 Å². The summed E-state index contributed by atoms with van der Waals surface area (Å²) in [6, 6.07) is 0.693. The number of fused-ring (bicyclic) bond motifs is 1. The Labute approximate surface area is 139 Å². The summed E-state index contributed by atoms with van der Waals surface area (Å²) in [4.78, 5) is 14.8. The van der Waals surface area contributed by atoms with Gasteiger partial charge in [-0.15, -0.1) is 0 Å². The Balaban J connectivity index is 1.16. The van der Waals surface area contributed by atoms with E-state index in [0.29, 0.717) is 24.1 Å². The highest BCUT2D eigenvalue weighted by molar-refractivity contribution is 5.74. The summed E-state index contributed by atoms with van der Waals surface area (Å²) in [6.07, 6.45) is 10.5. The highest BCUT2D eigenvalue weighted by Crippen LogP contribution is 2.37. The lowest BCUT2D eigenvalue weighted by atomic mass is 9.72. The summed E-state index contributed by atoms with van der Waals surface area (Å²) < 4.78 is 5.72. The Kier molecular flexibility index (Phi) is 4.76. The molecule has 2 aliphatic carbocycles. The smallest absolute Gasteiger partial charge is 0.315 e. The molecule has 2 aliphatic heterocycles. The van der Waals surface area contributed by atoms with Gasteiger partial charge >= 0.3 is 6.03 Å². The maximum atomic E-state index is 12.2. The fourth-order valence-electron chi connectivity index (χ4n) is 5.03. The lowest BCUT2D eigenvalue weighted by Crippen LogP contribution is -2.60. The SMILES string of the molecule is O=C(NC1CCN(CC2CCCC2)C1)NC1CC2OCCCC12. The first-order valence-corrected chi connectivity index (χ1v) is 9.69. The molecule has 2 amide bonds. The molecule has 0 aromatic heterocycles. The molecule has 2 heterocycles. The topological polar surface area (TPSA) is 53.6 Å². The third-order valence-corrected chi connectivity index (χ3v) is 6.41. The molecule has 4 fully saturated rings. The van der Waals surface area contributed by atoms with E-state index in [0.717, 1.165) is 44.9 Å². The van der Waals surface area contributed by atoms with Crippen LogP contribution in [0.5, 0.6) is 0 Å². The van der Waals surface area contributed by atoms with E-state index in [2.05, 4.69) is 15.5 Å². The largest absolute Gasteiger partial charge is 0.378 e. The van der Waals surface area contributed by atoms with Gasteiger partial charge in [0.1, 0.15) is 0 Å². The van der Waals surface area contributed by atoms with E-state index in [1.807, 2.05) is 0 Å². The van der Waals surface area contributed by atoms with Gasteiger partial charge in [-0.25, -0.2) is 4.79 Å². The van der Waals surface area contributed by atoms with Crippen LogP contribution in [0.4, 0.5) is 4.79 Å². The van der Waals surface area contributed by atoms with Crippen molar-refractivity contribution in [2.45, 2.75) is 69.6 Å². The van der Waals surface area contributed by atoms with Crippen LogP contribution in [0.15, 0.2) is 0 Å². The molecule has 2 saturated heterocycles. The number of carbonyl (C=O) groups is 1. The lowest BCUT2D eigenvalue weighted by molar-refractivity contribution is -0.1000. The van der Waals surface area contributed by atoms with Gasteiger partial charge in [0.2, 0.25) is 0 Å². The lowest BCUT2D eigenvalue weighted by Gasteiger charge is -2.47. The van der Waals surface area contributed by atoms with Crippen LogP contribution in [0, 0.1) is 11.8 Å². The van der Waals surface area contributed by atoms with E-state index < -0.39 is 0 Å². The Morgan fingerprint density at radius 2 is 1.96 bits per heavy atom. The summed E-state index contributed by atoms with van der Waals surface area (Å²) in [5.41, 5.74) is 0. The first kappa shape index (κ1) is 15.7. The number of likely N-dealkylation sites (tertiary alicyclic amines) is 1. The molecule has 0 aromatic rings. The minimum atomic E-state index is 0.0340. The molecule has 130 valence electrons. The summed E-state index contributed by atoms with van der Waals surface area (Å²) in [5, 5.41) is 6.38. The van der Waals surface area contributed by atoms with E-state index in [-0.39, 0.29) is 6.03 Å². The predicted molar refractivity (Wildman–Crippen MR) is 89.3 cm³/mol. The molecule has 4 rings (SSSR count). The monoisotopic (exact) mass is 321 g/mol. The molecule has 5 nitrogen and oxygen atoms in total. The normalized spacial score (nSPS) is 38.1. The van der Waals surface area contributed by atoms with Gasteiger partial charge in [0, 0.05) is 44.2 Å². The number of hydrogen-bond donors (Lipinski definition) is 2. The van der Waals surface area contributed by atoms with Gasteiger partial charge in [-0.2, -0.15) is 0 Å². The van der Waals surface area contributed by atoms with Crippen molar-refractivity contribution in [1.82, 2.24) is 15.5 Å². The number of nitrogens with zero attached hydrogens (tertiary/aromatic N) is 1. The first-order valence-electron chi connectivity index (χ1n) is 9.69. The molecule has 0 spiro atoms. The van der Waals surface area contributed by atoms with Crippen LogP contribution in [0.25, 0.3) is 0 Å². The Morgan fingerprint density at radius 1 is 1.09 bits per heavy atom. The zero-order valence-corrected chi connectivity index (χ0v) is 14.1. The number of nitrogens with one attached hydrogen (secondary N) is 2. The second-order valence-corrected chi connectivity index (χ2v) is 8.07. The van der Waals surface area contributed by atoms with Gasteiger partial charge in [-0.3, -0.25) is 0 Å². The molecule has 2 saturated carbocycles. The van der Waals surface area contributed by atoms with E-state index in [1.54, 1.807) is 0 Å². The summed E-state index contributed by atoms with van der Waals surface area (Å²) in [7, 11) is 0. The molecule has 4 aliphatic rings. The Bertz CT molecular complexity index is 424. The molecular weight excluding hydrogens is 290 g/mol. The molecular formula is C18H31N3O2. The number of hydrogen-bond acceptors (Lipinski definition) is 3. The predicted octanol–water partition coefficient (Wildman–Crippen LogP) is 2.12. The minimum absolute atomic E-state index is 0.0340. The summed E-state index contributed by atoms with van der Waals surface area (Å²) in [6.45, 7) is 4.32. The fraction of sp³-hybridized carbons (Fsp3) is 0.944. The molecule has 0 aromatic carbocycles. The molecule has 23 heavy (non-hydrogen) atoms. The van der Waals surface area contributed by atoms with Gasteiger partial charge < -0.3 is 20.3 Å². The first-order chi connectivity index (χ1) is 11.3. The fourth-order valence-corrected chi connectivity index (χ4v) is 5.03. The van der Waals surface area contributed by atoms with Crippen molar-refractivity contribution in [1.29, 1.82) is 0 Å². The minimum Gasteiger partial charge on any atom is -0.378 e. The van der Waals surface area contributed by atoms with Gasteiger partial charge in [-0.05, 0) is 44.4 Å². The van der Waals surface area contributed by atoms with E-state index >= 15 is 0 Å². The van der Waals surface area contributed by atoms with Crippen molar-refractivity contribution in [2.75, 3.05) is 26.2 Å². The van der Waals surface area contributed by atoms with E-state index in [1.165, 1.54) is 38.6 Å². The van der Waals surface area contributed by atoms with Crippen molar-refractivity contribution in [3.05, 3.63) is 0 Å². The van der Waals surface area contributed by atoms with Crippen LogP contribution < -0.4 is 10.6 Å². The maximum absolute atomic E-state index is 12.2. The van der Waals surface area contributed by atoms with Gasteiger partial charge in [0.05, 0.1) is 6.10 Å². The second-order valence-electron chi connectivity index (χ2n) is 8.07. The average molecular weight is 321 g/mol. The molecule has 0 bridgehead atoms. The molecule has 0 radical (unpaired) electrons. The molecule has 4 unspecified atom stereocenters. The number of carbonyl (C=O) groups excluding carboxylic acids is 1.